The fourth-order valence-electron chi connectivity index (χ4n) is 3.82. The Labute approximate surface area is 206 Å². The Kier molecular flexibility index (Phi) is 7.45. The van der Waals surface area contributed by atoms with E-state index in [0.29, 0.717) is 21.7 Å². The Morgan fingerprint density at radius 3 is 2.60 bits per heavy atom. The van der Waals surface area contributed by atoms with E-state index in [1.165, 1.54) is 28.4 Å². The van der Waals surface area contributed by atoms with E-state index in [2.05, 4.69) is 10.6 Å². The van der Waals surface area contributed by atoms with Crippen LogP contribution in [-0.2, 0) is 16.1 Å². The lowest BCUT2D eigenvalue weighted by Crippen LogP contribution is -2.48. The van der Waals surface area contributed by atoms with Gasteiger partial charge in [0.25, 0.3) is 5.91 Å². The predicted octanol–water partition coefficient (Wildman–Crippen LogP) is 5.12. The third-order valence-electron chi connectivity index (χ3n) is 5.84. The van der Waals surface area contributed by atoms with E-state index in [1.54, 1.807) is 48.5 Å². The highest BCUT2D eigenvalue weighted by atomic mass is 32.1. The highest BCUT2D eigenvalue weighted by molar-refractivity contribution is 7.12. The van der Waals surface area contributed by atoms with Gasteiger partial charge in [-0.25, -0.2) is 9.18 Å². The molecule has 0 radical (unpaired) electrons. The number of ether oxygens (including phenoxy) is 1. The fraction of sp³-hybridized carbons (Fsp3) is 0.269. The van der Waals surface area contributed by atoms with E-state index < -0.39 is 18.2 Å². The van der Waals surface area contributed by atoms with Gasteiger partial charge in [0.1, 0.15) is 5.82 Å². The van der Waals surface area contributed by atoms with Crippen LogP contribution in [0.3, 0.4) is 0 Å². The molecule has 35 heavy (non-hydrogen) atoms. The number of nitrogens with zero attached hydrogens (tertiary/aromatic N) is 1. The van der Waals surface area contributed by atoms with Gasteiger partial charge in [0, 0.05) is 11.7 Å². The summed E-state index contributed by atoms with van der Waals surface area (Å²) >= 11 is 1.33. The van der Waals surface area contributed by atoms with Gasteiger partial charge in [-0.2, -0.15) is 0 Å². The van der Waals surface area contributed by atoms with Crippen molar-refractivity contribution in [1.82, 2.24) is 10.2 Å². The summed E-state index contributed by atoms with van der Waals surface area (Å²) < 4.78 is 19.0. The monoisotopic (exact) mass is 495 g/mol. The van der Waals surface area contributed by atoms with E-state index >= 15 is 0 Å². The van der Waals surface area contributed by atoms with Crippen molar-refractivity contribution in [1.29, 1.82) is 0 Å². The zero-order valence-corrected chi connectivity index (χ0v) is 20.2. The summed E-state index contributed by atoms with van der Waals surface area (Å²) in [4.78, 5) is 40.6. The molecule has 1 aliphatic rings. The summed E-state index contributed by atoms with van der Waals surface area (Å²) in [6, 6.07) is 15.2. The van der Waals surface area contributed by atoms with Crippen LogP contribution in [0.1, 0.15) is 47.2 Å². The number of rotatable bonds is 8. The Bertz CT molecular complexity index is 1200. The van der Waals surface area contributed by atoms with Gasteiger partial charge in [0.05, 0.1) is 11.4 Å². The quantitative estimate of drug-likeness (QED) is 0.454. The first-order valence-electron chi connectivity index (χ1n) is 11.3. The minimum atomic E-state index is -0.940. The second-order valence-corrected chi connectivity index (χ2v) is 9.33. The van der Waals surface area contributed by atoms with Crippen molar-refractivity contribution in [2.75, 3.05) is 5.32 Å². The fourth-order valence-corrected chi connectivity index (χ4v) is 4.44. The predicted molar refractivity (Wildman–Crippen MR) is 132 cm³/mol. The van der Waals surface area contributed by atoms with Crippen molar-refractivity contribution < 1.29 is 23.5 Å². The number of halogens is 1. The van der Waals surface area contributed by atoms with Gasteiger partial charge in [-0.15, -0.1) is 11.3 Å². The smallest absolute Gasteiger partial charge is 0.411 e. The summed E-state index contributed by atoms with van der Waals surface area (Å²) in [7, 11) is 0. The molecule has 3 aromatic rings. The first-order chi connectivity index (χ1) is 16.9. The standard InChI is InChI=1S/C26H26FN3O4S/c1-3-16(2)28-25(32)22-23(34-26(33)30(22)15-17-9-11-19(27)12-10-17)18-6-4-7-20(14-18)29-24(31)21-8-5-13-35-21/h4-14,16,22-23H,3,15H2,1-2H3,(H,28,32)(H,29,31)/t16-,22+,23-/m0/s1. The van der Waals surface area contributed by atoms with Gasteiger partial charge >= 0.3 is 6.09 Å². The first-order valence-corrected chi connectivity index (χ1v) is 12.2. The summed E-state index contributed by atoms with van der Waals surface area (Å²) in [6.07, 6.45) is -0.803. The van der Waals surface area contributed by atoms with E-state index in [-0.39, 0.29) is 30.2 Å². The van der Waals surface area contributed by atoms with Crippen molar-refractivity contribution in [2.45, 2.75) is 45.0 Å². The van der Waals surface area contributed by atoms with Crippen molar-refractivity contribution in [3.63, 3.8) is 0 Å². The van der Waals surface area contributed by atoms with Gasteiger partial charge < -0.3 is 15.4 Å². The maximum Gasteiger partial charge on any atom is 0.411 e. The lowest BCUT2D eigenvalue weighted by atomic mass is 9.99. The molecule has 0 bridgehead atoms. The number of cyclic esters (lactones) is 1. The molecule has 1 aromatic heterocycles. The molecule has 182 valence electrons. The molecule has 9 heteroatoms. The van der Waals surface area contributed by atoms with Crippen molar-refractivity contribution in [3.05, 3.63) is 87.9 Å². The number of amides is 3. The van der Waals surface area contributed by atoms with Crippen LogP contribution in [0.25, 0.3) is 0 Å². The molecular weight excluding hydrogens is 469 g/mol. The normalized spacial score (nSPS) is 18.1. The number of nitrogens with one attached hydrogen (secondary N) is 2. The molecule has 0 saturated carbocycles. The van der Waals surface area contributed by atoms with Crippen molar-refractivity contribution in [3.8, 4) is 0 Å². The molecule has 0 unspecified atom stereocenters. The number of anilines is 1. The molecule has 2 heterocycles. The van der Waals surface area contributed by atoms with Crippen LogP contribution in [0.5, 0.6) is 0 Å². The molecule has 7 nitrogen and oxygen atoms in total. The summed E-state index contributed by atoms with van der Waals surface area (Å²) in [6.45, 7) is 3.92. The molecule has 1 fully saturated rings. The Morgan fingerprint density at radius 2 is 1.91 bits per heavy atom. The van der Waals surface area contributed by atoms with Crippen LogP contribution in [0.4, 0.5) is 14.9 Å². The Hall–Kier alpha value is -3.72. The molecule has 3 atom stereocenters. The number of thiophene rings is 1. The van der Waals surface area contributed by atoms with Crippen LogP contribution in [0.2, 0.25) is 0 Å². The number of hydrogen-bond acceptors (Lipinski definition) is 5. The molecular formula is C26H26FN3O4S. The van der Waals surface area contributed by atoms with Crippen LogP contribution < -0.4 is 10.6 Å². The highest BCUT2D eigenvalue weighted by Gasteiger charge is 2.47. The highest BCUT2D eigenvalue weighted by Crippen LogP contribution is 2.35. The molecule has 0 aliphatic carbocycles. The lowest BCUT2D eigenvalue weighted by Gasteiger charge is -2.26. The van der Waals surface area contributed by atoms with Crippen LogP contribution >= 0.6 is 11.3 Å². The number of hydrogen-bond donors (Lipinski definition) is 2. The van der Waals surface area contributed by atoms with Gasteiger partial charge in [-0.1, -0.05) is 37.3 Å². The van der Waals surface area contributed by atoms with Gasteiger partial charge in [-0.3, -0.25) is 14.5 Å². The third-order valence-corrected chi connectivity index (χ3v) is 6.71. The molecule has 2 N–H and O–H groups in total. The average Bonchev–Trinajstić information content (AvgIpc) is 3.49. The van der Waals surface area contributed by atoms with Crippen LogP contribution in [0.15, 0.2) is 66.0 Å². The van der Waals surface area contributed by atoms with E-state index in [9.17, 15) is 18.8 Å². The topological polar surface area (TPSA) is 87.7 Å². The molecule has 0 spiro atoms. The van der Waals surface area contributed by atoms with Gasteiger partial charge in [0.15, 0.2) is 12.1 Å². The molecule has 3 amide bonds. The molecule has 4 rings (SSSR count). The van der Waals surface area contributed by atoms with Crippen molar-refractivity contribution >= 4 is 34.9 Å². The first kappa shape index (κ1) is 24.4. The number of carbonyl (C=O) groups is 3. The maximum atomic E-state index is 13.4. The van der Waals surface area contributed by atoms with Gasteiger partial charge in [-0.05, 0) is 60.2 Å². The largest absolute Gasteiger partial charge is 0.438 e. The zero-order chi connectivity index (χ0) is 24.9. The number of carbonyl (C=O) groups excluding carboxylic acids is 3. The maximum absolute atomic E-state index is 13.4. The molecule has 2 aromatic carbocycles. The minimum absolute atomic E-state index is 0.0863. The molecule has 1 aliphatic heterocycles. The second-order valence-electron chi connectivity index (χ2n) is 8.38. The number of benzene rings is 2. The summed E-state index contributed by atoms with van der Waals surface area (Å²) in [5.41, 5.74) is 1.77. The zero-order valence-electron chi connectivity index (χ0n) is 19.4. The summed E-state index contributed by atoms with van der Waals surface area (Å²) in [5.74, 6) is -0.974. The Morgan fingerprint density at radius 1 is 1.14 bits per heavy atom. The SMILES string of the molecule is CC[C@H](C)NC(=O)[C@H]1[C@H](c2cccc(NC(=O)c3cccs3)c2)OC(=O)N1Cc1ccc(F)cc1. The van der Waals surface area contributed by atoms with Gasteiger partial charge in [0.2, 0.25) is 5.91 Å². The average molecular weight is 496 g/mol. The Balaban J connectivity index is 1.61. The van der Waals surface area contributed by atoms with Crippen LogP contribution in [-0.4, -0.2) is 34.9 Å². The minimum Gasteiger partial charge on any atom is -0.438 e. The third kappa shape index (κ3) is 5.68. The summed E-state index contributed by atoms with van der Waals surface area (Å²) in [5, 5.41) is 7.60. The molecule has 1 saturated heterocycles. The van der Waals surface area contributed by atoms with Crippen molar-refractivity contribution in [2.24, 2.45) is 0 Å². The van der Waals surface area contributed by atoms with E-state index in [4.69, 9.17) is 4.74 Å². The second kappa shape index (κ2) is 10.7. The van der Waals surface area contributed by atoms with Crippen LogP contribution in [0, 0.1) is 5.82 Å². The van der Waals surface area contributed by atoms with E-state index in [0.717, 1.165) is 6.42 Å². The lowest BCUT2D eigenvalue weighted by molar-refractivity contribution is -0.127. The van der Waals surface area contributed by atoms with E-state index in [1.807, 2.05) is 19.2 Å².